The Morgan fingerprint density at radius 2 is 2.05 bits per heavy atom. The number of esters is 1. The van der Waals surface area contributed by atoms with Crippen molar-refractivity contribution in [2.75, 3.05) is 13.7 Å². The maximum atomic E-state index is 12.3. The fourth-order valence-corrected chi connectivity index (χ4v) is 2.82. The third kappa shape index (κ3) is 2.17. The minimum Gasteiger partial charge on any atom is -0.511 e. The van der Waals surface area contributed by atoms with E-state index in [0.717, 1.165) is 0 Å². The fourth-order valence-electron chi connectivity index (χ4n) is 2.82. The maximum absolute atomic E-state index is 12.3. The minimum atomic E-state index is -0.993. The molecule has 21 heavy (non-hydrogen) atoms. The summed E-state index contributed by atoms with van der Waals surface area (Å²) in [6.45, 7) is 7.25. The average molecular weight is 291 g/mol. The number of aliphatic hydroxyl groups is 1. The summed E-state index contributed by atoms with van der Waals surface area (Å²) in [5.41, 5.74) is 0.748. The van der Waals surface area contributed by atoms with Gasteiger partial charge in [0.15, 0.2) is 0 Å². The van der Waals surface area contributed by atoms with Crippen LogP contribution >= 0.6 is 0 Å². The van der Waals surface area contributed by atoms with Crippen LogP contribution in [0.25, 0.3) is 0 Å². The molecule has 0 saturated carbocycles. The molecular weight excluding hydrogens is 270 g/mol. The lowest BCUT2D eigenvalue weighted by Crippen LogP contribution is -2.46. The van der Waals surface area contributed by atoms with Gasteiger partial charge in [0.05, 0.1) is 12.3 Å². The van der Waals surface area contributed by atoms with Crippen molar-refractivity contribution in [1.29, 1.82) is 0 Å². The van der Waals surface area contributed by atoms with Crippen LogP contribution in [0.2, 0.25) is 0 Å². The highest BCUT2D eigenvalue weighted by molar-refractivity contribution is 5.94. The van der Waals surface area contributed by atoms with E-state index in [0.29, 0.717) is 23.5 Å². The Bertz CT molecular complexity index is 595. The third-order valence-corrected chi connectivity index (χ3v) is 4.16. The van der Waals surface area contributed by atoms with Crippen LogP contribution in [-0.2, 0) is 14.3 Å². The quantitative estimate of drug-likeness (QED) is 0.793. The summed E-state index contributed by atoms with van der Waals surface area (Å²) in [4.78, 5) is 25.8. The summed E-state index contributed by atoms with van der Waals surface area (Å²) in [7, 11) is 1.68. The molecule has 1 heterocycles. The molecule has 5 heteroatoms. The van der Waals surface area contributed by atoms with Crippen LogP contribution in [-0.4, -0.2) is 35.5 Å². The molecule has 0 spiro atoms. The highest BCUT2D eigenvalue weighted by atomic mass is 16.5. The van der Waals surface area contributed by atoms with E-state index in [-0.39, 0.29) is 17.6 Å². The summed E-state index contributed by atoms with van der Waals surface area (Å²) in [5, 5.41) is 10.5. The molecule has 0 saturated heterocycles. The molecule has 0 aromatic rings. The second kappa shape index (κ2) is 5.06. The van der Waals surface area contributed by atoms with E-state index < -0.39 is 11.4 Å². The minimum absolute atomic E-state index is 0.0271. The van der Waals surface area contributed by atoms with Crippen molar-refractivity contribution in [3.8, 4) is 0 Å². The van der Waals surface area contributed by atoms with E-state index >= 15 is 0 Å². The molecule has 0 aromatic heterocycles. The van der Waals surface area contributed by atoms with Gasteiger partial charge in [0.1, 0.15) is 11.2 Å². The Kier molecular flexibility index (Phi) is 3.70. The number of amides is 1. The molecule has 0 fully saturated rings. The molecule has 1 aliphatic carbocycles. The van der Waals surface area contributed by atoms with Gasteiger partial charge in [0, 0.05) is 24.1 Å². The number of nitrogens with zero attached hydrogens (tertiary/aromatic N) is 1. The lowest BCUT2D eigenvalue weighted by molar-refractivity contribution is -0.139. The van der Waals surface area contributed by atoms with Crippen LogP contribution < -0.4 is 0 Å². The predicted molar refractivity (Wildman–Crippen MR) is 78.2 cm³/mol. The van der Waals surface area contributed by atoms with Crippen molar-refractivity contribution in [2.45, 2.75) is 27.7 Å². The summed E-state index contributed by atoms with van der Waals surface area (Å²) in [6.07, 6.45) is 3.35. The second-order valence-corrected chi connectivity index (χ2v) is 5.87. The van der Waals surface area contributed by atoms with Crippen LogP contribution in [0.3, 0.4) is 0 Å². The Morgan fingerprint density at radius 3 is 2.62 bits per heavy atom. The molecule has 0 bridgehead atoms. The molecule has 1 N–H and O–H groups in total. The number of allylic oxidation sites excluding steroid dienone is 3. The first-order chi connectivity index (χ1) is 9.73. The summed E-state index contributed by atoms with van der Waals surface area (Å²) in [5.74, 6) is -0.855. The van der Waals surface area contributed by atoms with Crippen LogP contribution in [0, 0.1) is 11.3 Å². The van der Waals surface area contributed by atoms with Gasteiger partial charge in [-0.1, -0.05) is 6.92 Å². The number of hydrogen-bond donors (Lipinski definition) is 1. The highest BCUT2D eigenvalue weighted by Gasteiger charge is 2.46. The van der Waals surface area contributed by atoms with Gasteiger partial charge in [0.2, 0.25) is 5.91 Å². The van der Waals surface area contributed by atoms with Gasteiger partial charge in [-0.15, -0.1) is 0 Å². The summed E-state index contributed by atoms with van der Waals surface area (Å²) < 4.78 is 5.05. The van der Waals surface area contributed by atoms with E-state index in [9.17, 15) is 14.7 Å². The molecule has 2 rings (SSSR count). The molecule has 0 radical (unpaired) electrons. The first-order valence-corrected chi connectivity index (χ1v) is 7.04. The van der Waals surface area contributed by atoms with Gasteiger partial charge in [-0.05, 0) is 32.9 Å². The third-order valence-electron chi connectivity index (χ3n) is 4.16. The van der Waals surface area contributed by atoms with Crippen molar-refractivity contribution < 1.29 is 19.4 Å². The van der Waals surface area contributed by atoms with Gasteiger partial charge in [0.25, 0.3) is 0 Å². The lowest BCUT2D eigenvalue weighted by Gasteiger charge is -2.41. The van der Waals surface area contributed by atoms with Gasteiger partial charge >= 0.3 is 5.97 Å². The van der Waals surface area contributed by atoms with Gasteiger partial charge < -0.3 is 14.7 Å². The number of carbonyl (C=O) groups excluding carboxylic acids is 2. The van der Waals surface area contributed by atoms with Crippen LogP contribution in [0.5, 0.6) is 0 Å². The second-order valence-electron chi connectivity index (χ2n) is 5.87. The monoisotopic (exact) mass is 291 g/mol. The molecule has 1 amide bonds. The summed E-state index contributed by atoms with van der Waals surface area (Å²) >= 11 is 0. The standard InChI is InChI=1S/C16H21NO4/c1-6-21-14(19)10-7-8-11-12(9(10)2)13(18)16(3,4)15(20)17(11)5/h7-9,18H,6H2,1-5H3. The van der Waals surface area contributed by atoms with E-state index in [1.807, 2.05) is 6.92 Å². The summed E-state index contributed by atoms with van der Waals surface area (Å²) in [6, 6.07) is 0. The molecule has 5 nitrogen and oxygen atoms in total. The van der Waals surface area contributed by atoms with Gasteiger partial charge in [-0.25, -0.2) is 4.79 Å². The zero-order valence-electron chi connectivity index (χ0n) is 13.1. The number of carbonyl (C=O) groups is 2. The Hall–Kier alpha value is -2.04. The number of likely N-dealkylation sites (N-methyl/N-ethyl adjacent to an activating group) is 1. The number of aliphatic hydroxyl groups excluding tert-OH is 1. The molecule has 1 aliphatic heterocycles. The van der Waals surface area contributed by atoms with Crippen molar-refractivity contribution in [3.63, 3.8) is 0 Å². The van der Waals surface area contributed by atoms with E-state index in [1.54, 1.807) is 40.0 Å². The Balaban J connectivity index is 2.57. The van der Waals surface area contributed by atoms with E-state index in [1.165, 1.54) is 4.90 Å². The Morgan fingerprint density at radius 1 is 1.43 bits per heavy atom. The SMILES string of the molecule is CCOC(=O)C1=CC=C2C(=C(O)C(C)(C)C(=O)N2C)C1C. The molecule has 1 atom stereocenters. The average Bonchev–Trinajstić information content (AvgIpc) is 2.43. The van der Waals surface area contributed by atoms with Gasteiger partial charge in [-0.3, -0.25) is 4.79 Å². The van der Waals surface area contributed by atoms with Crippen LogP contribution in [0.1, 0.15) is 27.7 Å². The predicted octanol–water partition coefficient (Wildman–Crippen LogP) is 2.32. The first kappa shape index (κ1) is 15.4. The number of rotatable bonds is 2. The fraction of sp³-hybridized carbons (Fsp3) is 0.500. The van der Waals surface area contributed by atoms with Crippen molar-refractivity contribution in [3.05, 3.63) is 34.8 Å². The normalized spacial score (nSPS) is 24.3. The number of fused-ring (bicyclic) bond motifs is 1. The smallest absolute Gasteiger partial charge is 0.334 e. The molecular formula is C16H21NO4. The van der Waals surface area contributed by atoms with Crippen LogP contribution in [0.15, 0.2) is 34.8 Å². The topological polar surface area (TPSA) is 66.8 Å². The Labute approximate surface area is 124 Å². The van der Waals surface area contributed by atoms with Crippen LogP contribution in [0.4, 0.5) is 0 Å². The van der Waals surface area contributed by atoms with Crippen molar-refractivity contribution in [1.82, 2.24) is 4.90 Å². The highest BCUT2D eigenvalue weighted by Crippen LogP contribution is 2.44. The molecule has 2 aliphatic rings. The molecule has 114 valence electrons. The zero-order valence-corrected chi connectivity index (χ0v) is 13.1. The van der Waals surface area contributed by atoms with Crippen molar-refractivity contribution in [2.24, 2.45) is 11.3 Å². The molecule has 1 unspecified atom stereocenters. The van der Waals surface area contributed by atoms with E-state index in [4.69, 9.17) is 4.74 Å². The lowest BCUT2D eigenvalue weighted by atomic mass is 9.75. The van der Waals surface area contributed by atoms with Crippen molar-refractivity contribution >= 4 is 11.9 Å². The molecule has 0 aromatic carbocycles. The first-order valence-electron chi connectivity index (χ1n) is 7.04. The number of hydrogen-bond acceptors (Lipinski definition) is 4. The number of ether oxygens (including phenoxy) is 1. The zero-order chi connectivity index (χ0) is 15.9. The largest absolute Gasteiger partial charge is 0.511 e. The maximum Gasteiger partial charge on any atom is 0.334 e. The van der Waals surface area contributed by atoms with E-state index in [2.05, 4.69) is 0 Å². The van der Waals surface area contributed by atoms with Gasteiger partial charge in [-0.2, -0.15) is 0 Å².